The minimum absolute atomic E-state index is 0.237. The van der Waals surface area contributed by atoms with Crippen LogP contribution in [0.15, 0.2) is 48.5 Å². The lowest BCUT2D eigenvalue weighted by molar-refractivity contribution is 0.219. The number of nitriles is 1. The molecule has 0 fully saturated rings. The molecule has 0 radical (unpaired) electrons. The molecule has 0 amide bonds. The molecule has 0 atom stereocenters. The number of hydrogen-bond donors (Lipinski definition) is 0. The molecule has 5 heteroatoms. The summed E-state index contributed by atoms with van der Waals surface area (Å²) in [5, 5.41) is 9.01. The van der Waals surface area contributed by atoms with Gasteiger partial charge in [0.1, 0.15) is 0 Å². The molecule has 0 heterocycles. The van der Waals surface area contributed by atoms with E-state index in [-0.39, 0.29) is 6.16 Å². The fourth-order valence-corrected chi connectivity index (χ4v) is 4.05. The van der Waals surface area contributed by atoms with Crippen LogP contribution in [0.5, 0.6) is 0 Å². The van der Waals surface area contributed by atoms with E-state index < -0.39 is 7.60 Å². The molecular weight excluding hydrogens is 309 g/mol. The van der Waals surface area contributed by atoms with Crippen molar-refractivity contribution in [3.05, 3.63) is 59.7 Å². The van der Waals surface area contributed by atoms with Crippen molar-refractivity contribution >= 4 is 7.60 Å². The molecule has 0 aliphatic carbocycles. The fourth-order valence-electron chi connectivity index (χ4n) is 2.36. The van der Waals surface area contributed by atoms with Crippen LogP contribution >= 0.6 is 7.60 Å². The minimum Gasteiger partial charge on any atom is -0.309 e. The Balaban J connectivity index is 2.29. The maximum absolute atomic E-state index is 12.6. The highest BCUT2D eigenvalue weighted by Gasteiger charge is 2.24. The van der Waals surface area contributed by atoms with Gasteiger partial charge in [-0.15, -0.1) is 0 Å². The second-order valence-electron chi connectivity index (χ2n) is 5.00. The molecule has 2 aromatic rings. The molecule has 0 unspecified atom stereocenters. The van der Waals surface area contributed by atoms with E-state index in [1.165, 1.54) is 0 Å². The standard InChI is InChI=1S/C18H20NO3P/c1-3-21-23(20,22-4-2)14-16-8-6-10-18(12-16)17-9-5-7-15(11-17)13-19/h5-12H,3-4,14H2,1-2H3. The Morgan fingerprint density at radius 1 is 1.00 bits per heavy atom. The SMILES string of the molecule is CCOP(=O)(Cc1cccc(-c2cccc(C#N)c2)c1)OCC. The molecule has 4 nitrogen and oxygen atoms in total. The van der Waals surface area contributed by atoms with Gasteiger partial charge >= 0.3 is 7.60 Å². The van der Waals surface area contributed by atoms with Crippen LogP contribution in [0.25, 0.3) is 11.1 Å². The lowest BCUT2D eigenvalue weighted by Crippen LogP contribution is -1.99. The molecule has 0 bridgehead atoms. The van der Waals surface area contributed by atoms with Gasteiger partial charge in [0.15, 0.2) is 0 Å². The van der Waals surface area contributed by atoms with Crippen LogP contribution in [-0.2, 0) is 19.8 Å². The predicted molar refractivity (Wildman–Crippen MR) is 91.2 cm³/mol. The van der Waals surface area contributed by atoms with Crippen LogP contribution in [0, 0.1) is 11.3 Å². The van der Waals surface area contributed by atoms with Gasteiger partial charge in [-0.2, -0.15) is 5.26 Å². The maximum atomic E-state index is 12.6. The number of benzene rings is 2. The van der Waals surface area contributed by atoms with Gasteiger partial charge in [0.2, 0.25) is 0 Å². The highest BCUT2D eigenvalue weighted by atomic mass is 31.2. The molecule has 23 heavy (non-hydrogen) atoms. The normalized spacial score (nSPS) is 11.2. The zero-order valence-corrected chi connectivity index (χ0v) is 14.3. The highest BCUT2D eigenvalue weighted by Crippen LogP contribution is 2.51. The first kappa shape index (κ1) is 17.4. The summed E-state index contributed by atoms with van der Waals surface area (Å²) in [5.41, 5.74) is 3.42. The first-order valence-corrected chi connectivity index (χ1v) is 9.30. The Hall–Kier alpha value is -1.92. The zero-order chi connectivity index (χ0) is 16.7. The average molecular weight is 329 g/mol. The molecule has 2 aromatic carbocycles. The van der Waals surface area contributed by atoms with Crippen molar-refractivity contribution in [2.75, 3.05) is 13.2 Å². The van der Waals surface area contributed by atoms with Gasteiger partial charge in [0, 0.05) is 0 Å². The third-order valence-corrected chi connectivity index (χ3v) is 5.34. The molecule has 0 N–H and O–H groups in total. The van der Waals surface area contributed by atoms with Gasteiger partial charge < -0.3 is 9.05 Å². The molecule has 0 saturated heterocycles. The summed E-state index contributed by atoms with van der Waals surface area (Å²) in [7, 11) is -3.12. The summed E-state index contributed by atoms with van der Waals surface area (Å²) in [5.74, 6) is 0. The van der Waals surface area contributed by atoms with Crippen LogP contribution in [0.1, 0.15) is 25.0 Å². The summed E-state index contributed by atoms with van der Waals surface area (Å²) in [6.45, 7) is 4.30. The van der Waals surface area contributed by atoms with Crippen molar-refractivity contribution < 1.29 is 13.6 Å². The summed E-state index contributed by atoms with van der Waals surface area (Å²) in [6.07, 6.45) is 0.237. The van der Waals surface area contributed by atoms with E-state index in [4.69, 9.17) is 14.3 Å². The van der Waals surface area contributed by atoms with E-state index in [0.29, 0.717) is 18.8 Å². The van der Waals surface area contributed by atoms with E-state index in [1.807, 2.05) is 42.5 Å². The van der Waals surface area contributed by atoms with Crippen molar-refractivity contribution in [3.8, 4) is 17.2 Å². The number of nitrogens with zero attached hydrogens (tertiary/aromatic N) is 1. The van der Waals surface area contributed by atoms with E-state index in [9.17, 15) is 4.57 Å². The number of hydrogen-bond acceptors (Lipinski definition) is 4. The van der Waals surface area contributed by atoms with E-state index >= 15 is 0 Å². The molecule has 0 spiro atoms. The molecule has 0 aliphatic heterocycles. The second kappa shape index (κ2) is 8.08. The van der Waals surface area contributed by atoms with Crippen LogP contribution in [0.2, 0.25) is 0 Å². The molecule has 120 valence electrons. The van der Waals surface area contributed by atoms with Crippen molar-refractivity contribution in [3.63, 3.8) is 0 Å². The van der Waals surface area contributed by atoms with E-state index in [0.717, 1.165) is 16.7 Å². The van der Waals surface area contributed by atoms with Crippen molar-refractivity contribution in [1.29, 1.82) is 5.26 Å². The number of rotatable bonds is 7. The summed E-state index contributed by atoms with van der Waals surface area (Å²) >= 11 is 0. The Morgan fingerprint density at radius 2 is 1.61 bits per heavy atom. The smallest absolute Gasteiger partial charge is 0.309 e. The van der Waals surface area contributed by atoms with Crippen molar-refractivity contribution in [2.24, 2.45) is 0 Å². The third-order valence-electron chi connectivity index (χ3n) is 3.28. The largest absolute Gasteiger partial charge is 0.335 e. The van der Waals surface area contributed by atoms with Crippen molar-refractivity contribution in [2.45, 2.75) is 20.0 Å². The highest BCUT2D eigenvalue weighted by molar-refractivity contribution is 7.53. The van der Waals surface area contributed by atoms with Gasteiger partial charge in [-0.3, -0.25) is 4.57 Å². The first-order valence-electron chi connectivity index (χ1n) is 7.58. The fraction of sp³-hybridized carbons (Fsp3) is 0.278. The molecule has 0 aliphatic rings. The third kappa shape index (κ3) is 4.77. The van der Waals surface area contributed by atoms with Gasteiger partial charge in [-0.1, -0.05) is 36.4 Å². The Bertz CT molecular complexity index is 742. The summed E-state index contributed by atoms with van der Waals surface area (Å²) in [6, 6.07) is 17.3. The lowest BCUT2D eigenvalue weighted by atomic mass is 10.0. The minimum atomic E-state index is -3.12. The summed E-state index contributed by atoms with van der Waals surface area (Å²) < 4.78 is 23.3. The predicted octanol–water partition coefficient (Wildman–Crippen LogP) is 4.99. The van der Waals surface area contributed by atoms with Crippen LogP contribution in [-0.4, -0.2) is 13.2 Å². The molecule has 0 aromatic heterocycles. The zero-order valence-electron chi connectivity index (χ0n) is 13.4. The summed E-state index contributed by atoms with van der Waals surface area (Å²) in [4.78, 5) is 0. The molecule has 0 saturated carbocycles. The van der Waals surface area contributed by atoms with E-state index in [1.54, 1.807) is 19.9 Å². The van der Waals surface area contributed by atoms with Gasteiger partial charge in [-0.05, 0) is 42.7 Å². The lowest BCUT2D eigenvalue weighted by Gasteiger charge is -2.17. The Morgan fingerprint density at radius 3 is 2.22 bits per heavy atom. The molecule has 2 rings (SSSR count). The average Bonchev–Trinajstić information content (AvgIpc) is 2.55. The Labute approximate surface area is 137 Å². The van der Waals surface area contributed by atoms with Gasteiger partial charge in [-0.25, -0.2) is 0 Å². The van der Waals surface area contributed by atoms with Gasteiger partial charge in [0.05, 0.1) is 31.0 Å². The first-order chi connectivity index (χ1) is 11.1. The maximum Gasteiger partial charge on any atom is 0.335 e. The monoisotopic (exact) mass is 329 g/mol. The van der Waals surface area contributed by atoms with Gasteiger partial charge in [0.25, 0.3) is 0 Å². The van der Waals surface area contributed by atoms with Crippen molar-refractivity contribution in [1.82, 2.24) is 0 Å². The van der Waals surface area contributed by atoms with E-state index in [2.05, 4.69) is 6.07 Å². The second-order valence-corrected chi connectivity index (χ2v) is 7.05. The quantitative estimate of drug-likeness (QED) is 0.671. The molecular formula is C18H20NO3P. The Kier molecular flexibility index (Phi) is 6.12. The van der Waals surface area contributed by atoms with Crippen LogP contribution in [0.4, 0.5) is 0 Å². The van der Waals surface area contributed by atoms with Crippen LogP contribution in [0.3, 0.4) is 0 Å². The van der Waals surface area contributed by atoms with Crippen LogP contribution < -0.4 is 0 Å². The topological polar surface area (TPSA) is 59.3 Å².